The van der Waals surface area contributed by atoms with E-state index in [0.29, 0.717) is 10.7 Å². The SMILES string of the molecule is CC1(NC(=O)c2cc(Cl)c[nH]2)CCNC1. The summed E-state index contributed by atoms with van der Waals surface area (Å²) in [5.41, 5.74) is 0.363. The molecule has 3 N–H and O–H groups in total. The molecule has 2 rings (SSSR count). The monoisotopic (exact) mass is 227 g/mol. The molecule has 1 aliphatic rings. The minimum atomic E-state index is -0.144. The third-order valence-electron chi connectivity index (χ3n) is 2.68. The predicted octanol–water partition coefficient (Wildman–Crippen LogP) is 1.15. The maximum absolute atomic E-state index is 11.8. The maximum atomic E-state index is 11.8. The molecule has 0 aliphatic carbocycles. The van der Waals surface area contributed by atoms with Crippen LogP contribution in [0.25, 0.3) is 0 Å². The number of nitrogens with one attached hydrogen (secondary N) is 3. The average molecular weight is 228 g/mol. The van der Waals surface area contributed by atoms with E-state index in [9.17, 15) is 4.79 Å². The third-order valence-corrected chi connectivity index (χ3v) is 2.89. The molecule has 2 heterocycles. The van der Waals surface area contributed by atoms with Crippen LogP contribution in [0, 0.1) is 0 Å². The normalized spacial score (nSPS) is 25.5. The van der Waals surface area contributed by atoms with Gasteiger partial charge in [0.15, 0.2) is 0 Å². The molecule has 5 heteroatoms. The van der Waals surface area contributed by atoms with E-state index in [2.05, 4.69) is 15.6 Å². The number of aromatic nitrogens is 1. The van der Waals surface area contributed by atoms with Crippen molar-refractivity contribution in [3.63, 3.8) is 0 Å². The van der Waals surface area contributed by atoms with Gasteiger partial charge in [-0.2, -0.15) is 0 Å². The molecule has 0 bridgehead atoms. The van der Waals surface area contributed by atoms with Gasteiger partial charge in [0.2, 0.25) is 0 Å². The van der Waals surface area contributed by atoms with Crippen molar-refractivity contribution in [1.29, 1.82) is 0 Å². The van der Waals surface area contributed by atoms with Gasteiger partial charge in [0, 0.05) is 12.7 Å². The second-order valence-corrected chi connectivity index (χ2v) is 4.61. The average Bonchev–Trinajstić information content (AvgIpc) is 2.75. The molecular weight excluding hydrogens is 214 g/mol. The summed E-state index contributed by atoms with van der Waals surface area (Å²) in [4.78, 5) is 14.6. The lowest BCUT2D eigenvalue weighted by Gasteiger charge is -2.23. The smallest absolute Gasteiger partial charge is 0.268 e. The molecule has 82 valence electrons. The topological polar surface area (TPSA) is 56.9 Å². The molecule has 1 aromatic rings. The Morgan fingerprint density at radius 3 is 3.00 bits per heavy atom. The third kappa shape index (κ3) is 2.33. The Morgan fingerprint density at radius 1 is 1.67 bits per heavy atom. The first-order chi connectivity index (χ1) is 7.09. The van der Waals surface area contributed by atoms with E-state index in [1.54, 1.807) is 12.3 Å². The van der Waals surface area contributed by atoms with E-state index in [0.717, 1.165) is 19.5 Å². The van der Waals surface area contributed by atoms with E-state index in [4.69, 9.17) is 11.6 Å². The highest BCUT2D eigenvalue weighted by Gasteiger charge is 2.30. The van der Waals surface area contributed by atoms with E-state index in [1.807, 2.05) is 6.92 Å². The molecule has 1 amide bonds. The van der Waals surface area contributed by atoms with Crippen molar-refractivity contribution in [2.75, 3.05) is 13.1 Å². The fraction of sp³-hybridized carbons (Fsp3) is 0.500. The summed E-state index contributed by atoms with van der Waals surface area (Å²) in [6, 6.07) is 1.63. The number of H-pyrrole nitrogens is 1. The molecule has 1 fully saturated rings. The molecule has 0 saturated carbocycles. The molecule has 0 radical (unpaired) electrons. The van der Waals surface area contributed by atoms with Crippen LogP contribution in [-0.2, 0) is 0 Å². The van der Waals surface area contributed by atoms with Gasteiger partial charge in [-0.3, -0.25) is 4.79 Å². The summed E-state index contributed by atoms with van der Waals surface area (Å²) in [6.07, 6.45) is 2.55. The number of hydrogen-bond donors (Lipinski definition) is 3. The number of carbonyl (C=O) groups excluding carboxylic acids is 1. The van der Waals surface area contributed by atoms with Crippen LogP contribution in [0.5, 0.6) is 0 Å². The van der Waals surface area contributed by atoms with Crippen LogP contribution in [0.2, 0.25) is 5.02 Å². The Morgan fingerprint density at radius 2 is 2.47 bits per heavy atom. The lowest BCUT2D eigenvalue weighted by Crippen LogP contribution is -2.47. The van der Waals surface area contributed by atoms with Crippen LogP contribution in [0.1, 0.15) is 23.8 Å². The van der Waals surface area contributed by atoms with E-state index in [1.165, 1.54) is 0 Å². The number of rotatable bonds is 2. The molecular formula is C10H14ClN3O. The lowest BCUT2D eigenvalue weighted by atomic mass is 10.0. The number of aromatic amines is 1. The minimum absolute atomic E-state index is 0.104. The van der Waals surface area contributed by atoms with E-state index >= 15 is 0 Å². The molecule has 1 atom stereocenters. The van der Waals surface area contributed by atoms with Crippen molar-refractivity contribution >= 4 is 17.5 Å². The second kappa shape index (κ2) is 3.87. The summed E-state index contributed by atoms with van der Waals surface area (Å²) >= 11 is 5.73. The molecule has 4 nitrogen and oxygen atoms in total. The second-order valence-electron chi connectivity index (χ2n) is 4.17. The van der Waals surface area contributed by atoms with Gasteiger partial charge in [-0.1, -0.05) is 11.6 Å². The Hall–Kier alpha value is -1.00. The van der Waals surface area contributed by atoms with Crippen molar-refractivity contribution in [1.82, 2.24) is 15.6 Å². The van der Waals surface area contributed by atoms with Gasteiger partial charge in [0.05, 0.1) is 10.6 Å². The highest BCUT2D eigenvalue weighted by molar-refractivity contribution is 6.30. The molecule has 0 spiro atoms. The van der Waals surface area contributed by atoms with Crippen LogP contribution in [0.3, 0.4) is 0 Å². The molecule has 15 heavy (non-hydrogen) atoms. The first kappa shape index (κ1) is 10.5. The first-order valence-electron chi connectivity index (χ1n) is 4.96. The summed E-state index contributed by atoms with van der Waals surface area (Å²) in [5, 5.41) is 6.77. The Kier molecular flexibility index (Phi) is 2.71. The maximum Gasteiger partial charge on any atom is 0.268 e. The van der Waals surface area contributed by atoms with Crippen molar-refractivity contribution in [3.05, 3.63) is 23.0 Å². The van der Waals surface area contributed by atoms with Crippen LogP contribution >= 0.6 is 11.6 Å². The van der Waals surface area contributed by atoms with Gasteiger partial charge in [-0.05, 0) is 26.0 Å². The summed E-state index contributed by atoms with van der Waals surface area (Å²) in [7, 11) is 0. The summed E-state index contributed by atoms with van der Waals surface area (Å²) in [5.74, 6) is -0.104. The van der Waals surface area contributed by atoms with Crippen LogP contribution in [0.4, 0.5) is 0 Å². The van der Waals surface area contributed by atoms with Crippen LogP contribution in [0.15, 0.2) is 12.3 Å². The molecule has 1 saturated heterocycles. The van der Waals surface area contributed by atoms with Gasteiger partial charge in [-0.15, -0.1) is 0 Å². The highest BCUT2D eigenvalue weighted by atomic mass is 35.5. The molecule has 1 aliphatic heterocycles. The minimum Gasteiger partial charge on any atom is -0.356 e. The largest absolute Gasteiger partial charge is 0.356 e. The van der Waals surface area contributed by atoms with Crippen LogP contribution < -0.4 is 10.6 Å². The zero-order valence-corrected chi connectivity index (χ0v) is 9.32. The van der Waals surface area contributed by atoms with Gasteiger partial charge in [0.1, 0.15) is 5.69 Å². The van der Waals surface area contributed by atoms with Crippen LogP contribution in [-0.4, -0.2) is 29.5 Å². The highest BCUT2D eigenvalue weighted by Crippen LogP contribution is 2.15. The Balaban J connectivity index is 2.03. The van der Waals surface area contributed by atoms with E-state index < -0.39 is 0 Å². The number of hydrogen-bond acceptors (Lipinski definition) is 2. The van der Waals surface area contributed by atoms with Gasteiger partial charge in [-0.25, -0.2) is 0 Å². The van der Waals surface area contributed by atoms with Crippen molar-refractivity contribution in [2.24, 2.45) is 0 Å². The fourth-order valence-corrected chi connectivity index (χ4v) is 1.93. The zero-order valence-electron chi connectivity index (χ0n) is 8.56. The summed E-state index contributed by atoms with van der Waals surface area (Å²) in [6.45, 7) is 3.80. The Labute approximate surface area is 93.4 Å². The molecule has 1 aromatic heterocycles. The zero-order chi connectivity index (χ0) is 10.9. The van der Waals surface area contributed by atoms with Gasteiger partial charge in [0.25, 0.3) is 5.91 Å². The van der Waals surface area contributed by atoms with E-state index in [-0.39, 0.29) is 11.4 Å². The fourth-order valence-electron chi connectivity index (χ4n) is 1.76. The molecule has 1 unspecified atom stereocenters. The van der Waals surface area contributed by atoms with Crippen molar-refractivity contribution in [2.45, 2.75) is 18.9 Å². The van der Waals surface area contributed by atoms with Crippen molar-refractivity contribution in [3.8, 4) is 0 Å². The summed E-state index contributed by atoms with van der Waals surface area (Å²) < 4.78 is 0. The quantitative estimate of drug-likeness (QED) is 0.710. The lowest BCUT2D eigenvalue weighted by molar-refractivity contribution is 0.0908. The predicted molar refractivity (Wildman–Crippen MR) is 59.2 cm³/mol. The van der Waals surface area contributed by atoms with Crippen molar-refractivity contribution < 1.29 is 4.79 Å². The standard InChI is InChI=1S/C10H14ClN3O/c1-10(2-3-12-6-10)14-9(15)8-4-7(11)5-13-8/h4-5,12-13H,2-3,6H2,1H3,(H,14,15). The number of amides is 1. The van der Waals surface area contributed by atoms with Gasteiger partial charge < -0.3 is 15.6 Å². The first-order valence-corrected chi connectivity index (χ1v) is 5.34. The number of carbonyl (C=O) groups is 1. The molecule has 0 aromatic carbocycles. The number of halogens is 1. The van der Waals surface area contributed by atoms with Gasteiger partial charge >= 0.3 is 0 Å². The Bertz CT molecular complexity index is 368.